The molecular formula is C23H28N2O2. The van der Waals surface area contributed by atoms with Crippen molar-refractivity contribution in [3.8, 4) is 11.1 Å². The van der Waals surface area contributed by atoms with E-state index in [1.807, 2.05) is 38.1 Å². The molecule has 4 nitrogen and oxygen atoms in total. The zero-order chi connectivity index (χ0) is 19.0. The molecule has 1 amide bonds. The molecule has 3 aliphatic heterocycles. The molecule has 3 saturated heterocycles. The van der Waals surface area contributed by atoms with Gasteiger partial charge in [0.05, 0.1) is 11.6 Å². The van der Waals surface area contributed by atoms with E-state index in [-0.39, 0.29) is 6.04 Å². The second-order valence-electron chi connectivity index (χ2n) is 8.36. The van der Waals surface area contributed by atoms with Crippen LogP contribution in [0.5, 0.6) is 0 Å². The molecule has 2 bridgehead atoms. The van der Waals surface area contributed by atoms with Crippen molar-refractivity contribution in [2.45, 2.75) is 38.3 Å². The predicted octanol–water partition coefficient (Wildman–Crippen LogP) is 4.66. The maximum atomic E-state index is 12.4. The van der Waals surface area contributed by atoms with E-state index in [1.165, 1.54) is 0 Å². The molecule has 0 spiro atoms. The minimum Gasteiger partial charge on any atom is -0.465 e. The Kier molecular flexibility index (Phi) is 4.68. The van der Waals surface area contributed by atoms with Crippen LogP contribution in [0.15, 0.2) is 54.6 Å². The molecule has 2 aromatic rings. The van der Waals surface area contributed by atoms with Crippen LogP contribution in [-0.2, 0) is 5.54 Å². The molecule has 5 rings (SSSR count). The summed E-state index contributed by atoms with van der Waals surface area (Å²) in [6.45, 7) is 7.17. The number of fused-ring (bicyclic) bond motifs is 3. The maximum absolute atomic E-state index is 12.4. The average molecular weight is 364 g/mol. The smallest absolute Gasteiger partial charge is 0.408 e. The third-order valence-electron chi connectivity index (χ3n) is 6.44. The third-order valence-corrected chi connectivity index (χ3v) is 6.44. The molecule has 1 unspecified atom stereocenters. The topological polar surface area (TPSA) is 43.8 Å². The summed E-state index contributed by atoms with van der Waals surface area (Å²) >= 11 is 0. The first kappa shape index (κ1) is 18.1. The number of carboxylic acid groups (broad SMARTS) is 1. The maximum Gasteiger partial charge on any atom is 0.408 e. The summed E-state index contributed by atoms with van der Waals surface area (Å²) in [5, 5.41) is 10.1. The minimum absolute atomic E-state index is 0.0698. The van der Waals surface area contributed by atoms with Crippen molar-refractivity contribution in [2.75, 3.05) is 19.6 Å². The van der Waals surface area contributed by atoms with Gasteiger partial charge >= 0.3 is 6.09 Å². The number of amides is 1. The molecule has 0 saturated carbocycles. The fourth-order valence-electron chi connectivity index (χ4n) is 4.87. The molecule has 27 heavy (non-hydrogen) atoms. The SMILES string of the molecule is CC(C)(c1cccc(-c2ccccc2)c1)N(C(=O)O)C1CN2CCC1CC2. The Balaban J connectivity index is 1.69. The zero-order valence-electron chi connectivity index (χ0n) is 16.1. The average Bonchev–Trinajstić information content (AvgIpc) is 2.69. The lowest BCUT2D eigenvalue weighted by atomic mass is 9.80. The molecule has 0 aliphatic carbocycles. The number of rotatable bonds is 4. The van der Waals surface area contributed by atoms with Crippen molar-refractivity contribution in [1.82, 2.24) is 9.80 Å². The van der Waals surface area contributed by atoms with Crippen molar-refractivity contribution in [2.24, 2.45) is 5.92 Å². The lowest BCUT2D eigenvalue weighted by molar-refractivity contribution is -0.0289. The number of carbonyl (C=O) groups is 1. The Labute approximate surface area is 161 Å². The van der Waals surface area contributed by atoms with Crippen molar-refractivity contribution in [3.05, 3.63) is 60.2 Å². The Morgan fingerprint density at radius 1 is 1.04 bits per heavy atom. The molecule has 142 valence electrons. The highest BCUT2D eigenvalue weighted by molar-refractivity contribution is 5.68. The first-order chi connectivity index (χ1) is 13.0. The second kappa shape index (κ2) is 7.01. The summed E-state index contributed by atoms with van der Waals surface area (Å²) in [6.07, 6.45) is 1.40. The Hall–Kier alpha value is -2.33. The standard InChI is InChI=1S/C23H28N2O2/c1-23(2,20-10-6-9-19(15-20)17-7-4-3-5-8-17)25(22(26)27)21-16-24-13-11-18(21)12-14-24/h3-10,15,18,21H,11-14,16H2,1-2H3,(H,26,27). The third kappa shape index (κ3) is 3.34. The fraction of sp³-hybridized carbons (Fsp3) is 0.435. The number of hydrogen-bond donors (Lipinski definition) is 1. The van der Waals surface area contributed by atoms with Gasteiger partial charge in [-0.15, -0.1) is 0 Å². The zero-order valence-corrected chi connectivity index (χ0v) is 16.1. The van der Waals surface area contributed by atoms with Gasteiger partial charge in [-0.2, -0.15) is 0 Å². The van der Waals surface area contributed by atoms with Crippen molar-refractivity contribution in [1.29, 1.82) is 0 Å². The minimum atomic E-state index is -0.816. The van der Waals surface area contributed by atoms with E-state index in [0.717, 1.165) is 49.2 Å². The summed E-state index contributed by atoms with van der Waals surface area (Å²) in [5.41, 5.74) is 2.74. The van der Waals surface area contributed by atoms with Crippen LogP contribution in [0.1, 0.15) is 32.3 Å². The monoisotopic (exact) mass is 364 g/mol. The van der Waals surface area contributed by atoms with Gasteiger partial charge < -0.3 is 10.0 Å². The normalized spacial score (nSPS) is 24.6. The summed E-state index contributed by atoms with van der Waals surface area (Å²) in [7, 11) is 0. The van der Waals surface area contributed by atoms with E-state index in [2.05, 4.69) is 35.2 Å². The van der Waals surface area contributed by atoms with Gasteiger partial charge in [-0.05, 0) is 68.5 Å². The van der Waals surface area contributed by atoms with Crippen LogP contribution in [0.2, 0.25) is 0 Å². The molecule has 3 heterocycles. The number of nitrogens with zero attached hydrogens (tertiary/aromatic N) is 2. The molecule has 3 aliphatic rings. The quantitative estimate of drug-likeness (QED) is 0.858. The molecule has 3 fully saturated rings. The Morgan fingerprint density at radius 2 is 1.70 bits per heavy atom. The Bertz CT molecular complexity index is 810. The van der Waals surface area contributed by atoms with Crippen LogP contribution in [-0.4, -0.2) is 46.7 Å². The lowest BCUT2D eigenvalue weighted by Gasteiger charge is -2.52. The van der Waals surface area contributed by atoms with Crippen LogP contribution in [0.4, 0.5) is 4.79 Å². The van der Waals surface area contributed by atoms with Crippen LogP contribution in [0, 0.1) is 5.92 Å². The molecule has 0 radical (unpaired) electrons. The number of benzene rings is 2. The summed E-state index contributed by atoms with van der Waals surface area (Å²) < 4.78 is 0. The van der Waals surface area contributed by atoms with Gasteiger partial charge in [-0.3, -0.25) is 4.90 Å². The first-order valence-electron chi connectivity index (χ1n) is 9.87. The molecule has 2 aromatic carbocycles. The van der Waals surface area contributed by atoms with E-state index in [1.54, 1.807) is 4.90 Å². The van der Waals surface area contributed by atoms with E-state index in [9.17, 15) is 9.90 Å². The highest BCUT2D eigenvalue weighted by Gasteiger charge is 2.45. The number of piperidine rings is 3. The fourth-order valence-corrected chi connectivity index (χ4v) is 4.87. The van der Waals surface area contributed by atoms with Gasteiger partial charge in [0.1, 0.15) is 0 Å². The predicted molar refractivity (Wildman–Crippen MR) is 108 cm³/mol. The van der Waals surface area contributed by atoms with Gasteiger partial charge in [0.25, 0.3) is 0 Å². The largest absolute Gasteiger partial charge is 0.465 e. The van der Waals surface area contributed by atoms with Crippen molar-refractivity contribution < 1.29 is 9.90 Å². The molecule has 0 aromatic heterocycles. The summed E-state index contributed by atoms with van der Waals surface area (Å²) in [4.78, 5) is 16.5. The van der Waals surface area contributed by atoms with Gasteiger partial charge in [0, 0.05) is 6.54 Å². The van der Waals surface area contributed by atoms with Crippen LogP contribution < -0.4 is 0 Å². The Morgan fingerprint density at radius 3 is 2.30 bits per heavy atom. The molecule has 1 atom stereocenters. The molecule has 4 heteroatoms. The van der Waals surface area contributed by atoms with Crippen molar-refractivity contribution >= 4 is 6.09 Å². The van der Waals surface area contributed by atoms with Gasteiger partial charge in [0.15, 0.2) is 0 Å². The van der Waals surface area contributed by atoms with Gasteiger partial charge in [0.2, 0.25) is 0 Å². The van der Waals surface area contributed by atoms with E-state index in [0.29, 0.717) is 5.92 Å². The van der Waals surface area contributed by atoms with Crippen LogP contribution in [0.3, 0.4) is 0 Å². The van der Waals surface area contributed by atoms with E-state index >= 15 is 0 Å². The highest BCUT2D eigenvalue weighted by Crippen LogP contribution is 2.39. The second-order valence-corrected chi connectivity index (χ2v) is 8.36. The lowest BCUT2D eigenvalue weighted by Crippen LogP contribution is -2.62. The highest BCUT2D eigenvalue weighted by atomic mass is 16.4. The summed E-state index contributed by atoms with van der Waals surface area (Å²) in [6, 6.07) is 18.7. The first-order valence-corrected chi connectivity index (χ1v) is 9.87. The molecule has 1 N–H and O–H groups in total. The van der Waals surface area contributed by atoms with Crippen LogP contribution in [0.25, 0.3) is 11.1 Å². The van der Waals surface area contributed by atoms with E-state index < -0.39 is 11.6 Å². The van der Waals surface area contributed by atoms with E-state index in [4.69, 9.17) is 0 Å². The number of hydrogen-bond acceptors (Lipinski definition) is 2. The van der Waals surface area contributed by atoms with Crippen molar-refractivity contribution in [3.63, 3.8) is 0 Å². The van der Waals surface area contributed by atoms with Gasteiger partial charge in [-0.1, -0.05) is 48.5 Å². The molecular weight excluding hydrogens is 336 g/mol. The van der Waals surface area contributed by atoms with Crippen LogP contribution >= 0.6 is 0 Å². The summed E-state index contributed by atoms with van der Waals surface area (Å²) in [5.74, 6) is 0.475. The van der Waals surface area contributed by atoms with Gasteiger partial charge in [-0.25, -0.2) is 4.79 Å².